The molecule has 0 unspecified atom stereocenters. The molecule has 1 heterocycles. The lowest BCUT2D eigenvalue weighted by atomic mass is 9.80. The van der Waals surface area contributed by atoms with Gasteiger partial charge in [0.05, 0.1) is 18.6 Å². The molecule has 1 amide bonds. The molecule has 0 aromatic heterocycles. The smallest absolute Gasteiger partial charge is 0.227 e. The summed E-state index contributed by atoms with van der Waals surface area (Å²) in [5.74, 6) is 0.961. The summed E-state index contributed by atoms with van der Waals surface area (Å²) < 4.78 is 0. The Morgan fingerprint density at radius 3 is 2.50 bits per heavy atom. The second-order valence-electron chi connectivity index (χ2n) is 7.42. The van der Waals surface area contributed by atoms with Gasteiger partial charge in [0.2, 0.25) is 5.91 Å². The number of rotatable bonds is 5. The molecule has 1 aromatic carbocycles. The predicted molar refractivity (Wildman–Crippen MR) is 124 cm³/mol. The molecule has 3 rings (SSSR count). The molecule has 1 aliphatic heterocycles. The monoisotopic (exact) mass is 520 g/mol. The lowest BCUT2D eigenvalue weighted by Gasteiger charge is -2.38. The Morgan fingerprint density at radius 2 is 1.93 bits per heavy atom. The molecule has 1 saturated heterocycles. The van der Waals surface area contributed by atoms with E-state index in [-0.39, 0.29) is 29.9 Å². The largest absolute Gasteiger partial charge is 0.388 e. The number of piperazine rings is 1. The van der Waals surface area contributed by atoms with E-state index in [9.17, 15) is 9.90 Å². The number of carbonyl (C=O) groups is 1. The lowest BCUT2D eigenvalue weighted by Crippen LogP contribution is -2.54. The van der Waals surface area contributed by atoms with E-state index in [2.05, 4.69) is 15.2 Å². The summed E-state index contributed by atoms with van der Waals surface area (Å²) in [6, 6.07) is 7.46. The first kappa shape index (κ1) is 23.2. The van der Waals surface area contributed by atoms with Crippen LogP contribution in [0.3, 0.4) is 0 Å². The van der Waals surface area contributed by atoms with E-state index >= 15 is 0 Å². The Kier molecular flexibility index (Phi) is 8.82. The number of benzene rings is 1. The second-order valence-corrected chi connectivity index (χ2v) is 7.86. The van der Waals surface area contributed by atoms with Crippen molar-refractivity contribution in [2.45, 2.75) is 38.2 Å². The molecular formula is C20H30ClIN4O2. The summed E-state index contributed by atoms with van der Waals surface area (Å²) in [6.45, 7) is 6.10. The van der Waals surface area contributed by atoms with Gasteiger partial charge in [0.25, 0.3) is 0 Å². The van der Waals surface area contributed by atoms with Crippen LogP contribution in [0.1, 0.15) is 31.7 Å². The topological polar surface area (TPSA) is 68.2 Å². The highest BCUT2D eigenvalue weighted by Crippen LogP contribution is 2.31. The van der Waals surface area contributed by atoms with Gasteiger partial charge < -0.3 is 20.2 Å². The van der Waals surface area contributed by atoms with Crippen molar-refractivity contribution in [1.82, 2.24) is 15.1 Å². The predicted octanol–water partition coefficient (Wildman–Crippen LogP) is 2.53. The molecule has 1 aliphatic carbocycles. The van der Waals surface area contributed by atoms with E-state index in [0.29, 0.717) is 31.1 Å². The molecule has 1 saturated carbocycles. The third kappa shape index (κ3) is 6.22. The number of aliphatic imine (C=N–C) groups is 1. The fraction of sp³-hybridized carbons (Fsp3) is 0.600. The highest BCUT2D eigenvalue weighted by molar-refractivity contribution is 14.0. The zero-order valence-electron chi connectivity index (χ0n) is 16.4. The van der Waals surface area contributed by atoms with Gasteiger partial charge in [-0.15, -0.1) is 24.0 Å². The molecule has 156 valence electrons. The maximum Gasteiger partial charge on any atom is 0.227 e. The van der Waals surface area contributed by atoms with Gasteiger partial charge in [-0.05, 0) is 43.9 Å². The molecule has 1 aromatic rings. The highest BCUT2D eigenvalue weighted by Gasteiger charge is 2.34. The number of halogens is 2. The fourth-order valence-electron chi connectivity index (χ4n) is 3.49. The number of carbonyl (C=O) groups excluding carboxylic acids is 1. The van der Waals surface area contributed by atoms with E-state index in [4.69, 9.17) is 11.6 Å². The average molecular weight is 521 g/mol. The van der Waals surface area contributed by atoms with Crippen LogP contribution in [0.2, 0.25) is 5.02 Å². The van der Waals surface area contributed by atoms with Crippen LogP contribution in [0.4, 0.5) is 0 Å². The van der Waals surface area contributed by atoms with Crippen LogP contribution < -0.4 is 5.32 Å². The molecule has 28 heavy (non-hydrogen) atoms. The van der Waals surface area contributed by atoms with Gasteiger partial charge in [0, 0.05) is 37.7 Å². The molecule has 6 nitrogen and oxygen atoms in total. The lowest BCUT2D eigenvalue weighted by molar-refractivity contribution is -0.131. The van der Waals surface area contributed by atoms with Crippen molar-refractivity contribution in [2.75, 3.05) is 39.3 Å². The summed E-state index contributed by atoms with van der Waals surface area (Å²) in [4.78, 5) is 21.3. The maximum atomic E-state index is 12.6. The summed E-state index contributed by atoms with van der Waals surface area (Å²) in [7, 11) is 0. The maximum absolute atomic E-state index is 12.6. The number of guanidine groups is 1. The van der Waals surface area contributed by atoms with Crippen LogP contribution in [0.5, 0.6) is 0 Å². The van der Waals surface area contributed by atoms with Gasteiger partial charge in [0.1, 0.15) is 0 Å². The number of nitrogens with zero attached hydrogens (tertiary/aromatic N) is 3. The first-order chi connectivity index (χ1) is 13.0. The third-order valence-electron chi connectivity index (χ3n) is 5.32. The Morgan fingerprint density at radius 1 is 1.25 bits per heavy atom. The number of amides is 1. The van der Waals surface area contributed by atoms with Crippen LogP contribution in [0, 0.1) is 0 Å². The molecule has 0 radical (unpaired) electrons. The SMILES string of the molecule is CCNC(=NCC1(O)CCC1)N1CCN(C(=O)Cc2cccc(Cl)c2)CC1.I. The molecule has 0 bridgehead atoms. The van der Waals surface area contributed by atoms with Gasteiger partial charge in [-0.1, -0.05) is 23.7 Å². The first-order valence-corrected chi connectivity index (χ1v) is 10.1. The second kappa shape index (κ2) is 10.6. The normalized spacial score (nSPS) is 18.9. The van der Waals surface area contributed by atoms with Crippen molar-refractivity contribution in [2.24, 2.45) is 4.99 Å². The van der Waals surface area contributed by atoms with Gasteiger partial charge in [-0.25, -0.2) is 0 Å². The van der Waals surface area contributed by atoms with Crippen LogP contribution >= 0.6 is 35.6 Å². The van der Waals surface area contributed by atoms with Crippen LogP contribution in [-0.2, 0) is 11.2 Å². The van der Waals surface area contributed by atoms with Crippen molar-refractivity contribution in [3.05, 3.63) is 34.9 Å². The zero-order valence-corrected chi connectivity index (χ0v) is 19.5. The average Bonchev–Trinajstić information content (AvgIpc) is 2.64. The Labute approximate surface area is 189 Å². The molecule has 0 atom stereocenters. The van der Waals surface area contributed by atoms with Crippen LogP contribution in [0.25, 0.3) is 0 Å². The number of aliphatic hydroxyl groups is 1. The molecular weight excluding hydrogens is 491 g/mol. The highest BCUT2D eigenvalue weighted by atomic mass is 127. The fourth-order valence-corrected chi connectivity index (χ4v) is 3.70. The quantitative estimate of drug-likeness (QED) is 0.356. The van der Waals surface area contributed by atoms with Gasteiger partial charge >= 0.3 is 0 Å². The molecule has 8 heteroatoms. The van der Waals surface area contributed by atoms with Gasteiger partial charge in [0.15, 0.2) is 5.96 Å². The summed E-state index contributed by atoms with van der Waals surface area (Å²) in [5.41, 5.74) is 0.327. The summed E-state index contributed by atoms with van der Waals surface area (Å²) in [5, 5.41) is 14.3. The molecule has 2 fully saturated rings. The Balaban J connectivity index is 0.00000280. The number of hydrogen-bond donors (Lipinski definition) is 2. The minimum atomic E-state index is -0.616. The van der Waals surface area contributed by atoms with Crippen molar-refractivity contribution < 1.29 is 9.90 Å². The van der Waals surface area contributed by atoms with Crippen molar-refractivity contribution in [1.29, 1.82) is 0 Å². The Bertz CT molecular complexity index is 689. The summed E-state index contributed by atoms with van der Waals surface area (Å²) in [6.07, 6.45) is 3.13. The van der Waals surface area contributed by atoms with Crippen LogP contribution in [-0.4, -0.2) is 71.6 Å². The Hall–Kier alpha value is -1.06. The van der Waals surface area contributed by atoms with Crippen molar-refractivity contribution >= 4 is 47.4 Å². The minimum absolute atomic E-state index is 0. The van der Waals surface area contributed by atoms with Gasteiger partial charge in [-0.2, -0.15) is 0 Å². The van der Waals surface area contributed by atoms with Crippen molar-refractivity contribution in [3.63, 3.8) is 0 Å². The summed E-state index contributed by atoms with van der Waals surface area (Å²) >= 11 is 6.00. The van der Waals surface area contributed by atoms with E-state index in [1.165, 1.54) is 0 Å². The van der Waals surface area contributed by atoms with E-state index in [1.807, 2.05) is 36.1 Å². The first-order valence-electron chi connectivity index (χ1n) is 9.77. The number of hydrogen-bond acceptors (Lipinski definition) is 3. The van der Waals surface area contributed by atoms with E-state index in [1.54, 1.807) is 0 Å². The minimum Gasteiger partial charge on any atom is -0.388 e. The molecule has 2 N–H and O–H groups in total. The van der Waals surface area contributed by atoms with Crippen LogP contribution in [0.15, 0.2) is 29.3 Å². The third-order valence-corrected chi connectivity index (χ3v) is 5.55. The van der Waals surface area contributed by atoms with Gasteiger partial charge in [-0.3, -0.25) is 9.79 Å². The standard InChI is InChI=1S/C20H29ClN4O2.HI/c1-2-22-19(23-15-20(27)7-4-8-20)25-11-9-24(10-12-25)18(26)14-16-5-3-6-17(21)13-16;/h3,5-6,13,27H,2,4,7-12,14-15H2,1H3,(H,22,23);1H. The number of nitrogens with one attached hydrogen (secondary N) is 1. The zero-order chi connectivity index (χ0) is 19.3. The van der Waals surface area contributed by atoms with E-state index in [0.717, 1.165) is 50.4 Å². The van der Waals surface area contributed by atoms with E-state index < -0.39 is 5.60 Å². The molecule has 0 spiro atoms. The molecule has 2 aliphatic rings. The van der Waals surface area contributed by atoms with Crippen molar-refractivity contribution in [3.8, 4) is 0 Å².